The minimum atomic E-state index is -1.12. The van der Waals surface area contributed by atoms with Crippen LogP contribution in [0.5, 0.6) is 0 Å². The normalized spacial score (nSPS) is 20.3. The third-order valence-electron chi connectivity index (χ3n) is 3.62. The summed E-state index contributed by atoms with van der Waals surface area (Å²) in [7, 11) is 0. The largest absolute Gasteiger partial charge is 0.466 e. The monoisotopic (exact) mass is 257 g/mol. The lowest BCUT2D eigenvalue weighted by Gasteiger charge is -2.26. The van der Waals surface area contributed by atoms with Crippen LogP contribution in [0.25, 0.3) is 0 Å². The van der Waals surface area contributed by atoms with E-state index in [-0.39, 0.29) is 11.9 Å². The summed E-state index contributed by atoms with van der Waals surface area (Å²) in [6, 6.07) is 0. The van der Waals surface area contributed by atoms with Gasteiger partial charge >= 0.3 is 5.97 Å². The van der Waals surface area contributed by atoms with E-state index in [0.29, 0.717) is 19.7 Å². The summed E-state index contributed by atoms with van der Waals surface area (Å²) in [5.41, 5.74) is 0. The number of hydrogen-bond acceptors (Lipinski definition) is 4. The molecule has 1 heterocycles. The Kier molecular flexibility index (Phi) is 5.59. The van der Waals surface area contributed by atoms with Crippen molar-refractivity contribution in [2.45, 2.75) is 39.7 Å². The van der Waals surface area contributed by atoms with Crippen LogP contribution < -0.4 is 0 Å². The maximum atomic E-state index is 12.0. The number of ether oxygens (including phenoxy) is 1. The zero-order chi connectivity index (χ0) is 13.7. The van der Waals surface area contributed by atoms with Gasteiger partial charge in [0.1, 0.15) is 6.10 Å². The predicted molar refractivity (Wildman–Crippen MR) is 66.8 cm³/mol. The lowest BCUT2D eigenvalue weighted by Crippen LogP contribution is -2.43. The van der Waals surface area contributed by atoms with Crippen LogP contribution in [0.1, 0.15) is 33.6 Å². The van der Waals surface area contributed by atoms with E-state index in [2.05, 4.69) is 0 Å². The van der Waals surface area contributed by atoms with Gasteiger partial charge in [0.05, 0.1) is 12.5 Å². The standard InChI is InChI=1S/C13H23NO4/c1-4-18-13(17)10(3)9(2)11(15)12(16)14-7-5-6-8-14/h9-11,15H,4-8H2,1-3H3. The Labute approximate surface area is 108 Å². The van der Waals surface area contributed by atoms with Crippen molar-refractivity contribution in [1.82, 2.24) is 4.90 Å². The minimum Gasteiger partial charge on any atom is -0.466 e. The van der Waals surface area contributed by atoms with Gasteiger partial charge in [-0.2, -0.15) is 0 Å². The molecular formula is C13H23NO4. The molecule has 1 aliphatic heterocycles. The maximum absolute atomic E-state index is 12.0. The molecule has 1 N–H and O–H groups in total. The maximum Gasteiger partial charge on any atom is 0.309 e. The SMILES string of the molecule is CCOC(=O)C(C)C(C)C(O)C(=O)N1CCCC1. The second-order valence-corrected chi connectivity index (χ2v) is 4.88. The Hall–Kier alpha value is -1.10. The molecule has 18 heavy (non-hydrogen) atoms. The summed E-state index contributed by atoms with van der Waals surface area (Å²) in [5.74, 6) is -1.54. The van der Waals surface area contributed by atoms with Crippen molar-refractivity contribution in [1.29, 1.82) is 0 Å². The van der Waals surface area contributed by atoms with E-state index in [9.17, 15) is 14.7 Å². The fraction of sp³-hybridized carbons (Fsp3) is 0.846. The predicted octanol–water partition coefficient (Wildman–Crippen LogP) is 0.805. The first-order chi connectivity index (χ1) is 8.49. The van der Waals surface area contributed by atoms with Crippen LogP contribution in [0.2, 0.25) is 0 Å². The quantitative estimate of drug-likeness (QED) is 0.740. The van der Waals surface area contributed by atoms with E-state index in [1.807, 2.05) is 0 Å². The molecule has 3 atom stereocenters. The third kappa shape index (κ3) is 3.45. The average molecular weight is 257 g/mol. The van der Waals surface area contributed by atoms with Crippen LogP contribution in [0.3, 0.4) is 0 Å². The van der Waals surface area contributed by atoms with Gasteiger partial charge in [-0.25, -0.2) is 0 Å². The molecule has 0 bridgehead atoms. The number of rotatable bonds is 5. The number of amides is 1. The Morgan fingerprint density at radius 1 is 1.28 bits per heavy atom. The number of carbonyl (C=O) groups is 2. The highest BCUT2D eigenvalue weighted by Crippen LogP contribution is 2.20. The first-order valence-electron chi connectivity index (χ1n) is 6.62. The highest BCUT2D eigenvalue weighted by molar-refractivity contribution is 5.82. The minimum absolute atomic E-state index is 0.267. The molecule has 5 heteroatoms. The first-order valence-corrected chi connectivity index (χ1v) is 6.62. The molecule has 5 nitrogen and oxygen atoms in total. The second-order valence-electron chi connectivity index (χ2n) is 4.88. The van der Waals surface area contributed by atoms with E-state index in [0.717, 1.165) is 12.8 Å². The number of esters is 1. The van der Waals surface area contributed by atoms with Crippen molar-refractivity contribution >= 4 is 11.9 Å². The van der Waals surface area contributed by atoms with Crippen molar-refractivity contribution in [3.05, 3.63) is 0 Å². The van der Waals surface area contributed by atoms with Crippen molar-refractivity contribution in [3.63, 3.8) is 0 Å². The van der Waals surface area contributed by atoms with Gasteiger partial charge in [0, 0.05) is 19.0 Å². The first kappa shape index (κ1) is 15.0. The molecule has 1 aliphatic rings. The summed E-state index contributed by atoms with van der Waals surface area (Å²) < 4.78 is 4.91. The molecule has 0 saturated carbocycles. The molecular weight excluding hydrogens is 234 g/mol. The molecule has 104 valence electrons. The zero-order valence-corrected chi connectivity index (χ0v) is 11.4. The highest BCUT2D eigenvalue weighted by atomic mass is 16.5. The molecule has 0 spiro atoms. The Balaban J connectivity index is 2.56. The molecule has 0 aromatic heterocycles. The molecule has 1 saturated heterocycles. The molecule has 1 fully saturated rings. The van der Waals surface area contributed by atoms with E-state index >= 15 is 0 Å². The molecule has 0 aliphatic carbocycles. The number of aliphatic hydroxyl groups excluding tert-OH is 1. The van der Waals surface area contributed by atoms with Gasteiger partial charge in [0.25, 0.3) is 5.91 Å². The van der Waals surface area contributed by atoms with Gasteiger partial charge in [0.15, 0.2) is 0 Å². The summed E-state index contributed by atoms with van der Waals surface area (Å²) in [4.78, 5) is 25.2. The highest BCUT2D eigenvalue weighted by Gasteiger charge is 2.34. The Morgan fingerprint density at radius 3 is 2.33 bits per heavy atom. The molecule has 1 amide bonds. The van der Waals surface area contributed by atoms with Crippen molar-refractivity contribution in [2.24, 2.45) is 11.8 Å². The molecule has 0 aromatic rings. The summed E-state index contributed by atoms with van der Waals surface area (Å²) in [6.07, 6.45) is 0.850. The lowest BCUT2D eigenvalue weighted by molar-refractivity contribution is -0.153. The van der Waals surface area contributed by atoms with Gasteiger partial charge in [-0.05, 0) is 19.8 Å². The Morgan fingerprint density at radius 2 is 1.83 bits per heavy atom. The second kappa shape index (κ2) is 6.73. The van der Waals surface area contributed by atoms with E-state index in [1.165, 1.54) is 0 Å². The number of likely N-dealkylation sites (tertiary alicyclic amines) is 1. The third-order valence-corrected chi connectivity index (χ3v) is 3.62. The van der Waals surface area contributed by atoms with Gasteiger partial charge in [-0.3, -0.25) is 9.59 Å². The zero-order valence-electron chi connectivity index (χ0n) is 11.4. The van der Waals surface area contributed by atoms with E-state index < -0.39 is 17.9 Å². The van der Waals surface area contributed by atoms with Crippen LogP contribution in [0.15, 0.2) is 0 Å². The van der Waals surface area contributed by atoms with Crippen LogP contribution in [-0.4, -0.2) is 47.7 Å². The van der Waals surface area contributed by atoms with Gasteiger partial charge in [0.2, 0.25) is 0 Å². The van der Waals surface area contributed by atoms with Crippen LogP contribution in [0, 0.1) is 11.8 Å². The molecule has 0 radical (unpaired) electrons. The fourth-order valence-corrected chi connectivity index (χ4v) is 2.11. The topological polar surface area (TPSA) is 66.8 Å². The lowest BCUT2D eigenvalue weighted by atomic mass is 9.90. The summed E-state index contributed by atoms with van der Waals surface area (Å²) >= 11 is 0. The summed E-state index contributed by atoms with van der Waals surface area (Å²) in [6.45, 7) is 6.85. The number of carbonyl (C=O) groups excluding carboxylic acids is 2. The van der Waals surface area contributed by atoms with Crippen molar-refractivity contribution in [2.75, 3.05) is 19.7 Å². The number of aliphatic hydroxyl groups is 1. The van der Waals surface area contributed by atoms with Gasteiger partial charge < -0.3 is 14.7 Å². The van der Waals surface area contributed by atoms with Gasteiger partial charge in [-0.1, -0.05) is 13.8 Å². The van der Waals surface area contributed by atoms with Crippen molar-refractivity contribution < 1.29 is 19.4 Å². The van der Waals surface area contributed by atoms with Crippen LogP contribution >= 0.6 is 0 Å². The molecule has 3 unspecified atom stereocenters. The summed E-state index contributed by atoms with van der Waals surface area (Å²) in [5, 5.41) is 10.0. The number of nitrogens with zero attached hydrogens (tertiary/aromatic N) is 1. The van der Waals surface area contributed by atoms with Crippen LogP contribution in [0.4, 0.5) is 0 Å². The van der Waals surface area contributed by atoms with E-state index in [4.69, 9.17) is 4.74 Å². The van der Waals surface area contributed by atoms with Crippen molar-refractivity contribution in [3.8, 4) is 0 Å². The molecule has 0 aromatic carbocycles. The fourth-order valence-electron chi connectivity index (χ4n) is 2.11. The number of hydrogen-bond donors (Lipinski definition) is 1. The smallest absolute Gasteiger partial charge is 0.309 e. The van der Waals surface area contributed by atoms with Gasteiger partial charge in [-0.15, -0.1) is 0 Å². The molecule has 1 rings (SSSR count). The van der Waals surface area contributed by atoms with Crippen LogP contribution in [-0.2, 0) is 14.3 Å². The van der Waals surface area contributed by atoms with E-state index in [1.54, 1.807) is 25.7 Å². The average Bonchev–Trinajstić information content (AvgIpc) is 2.89. The Bertz CT molecular complexity index is 299.